The summed E-state index contributed by atoms with van der Waals surface area (Å²) >= 11 is 0. The van der Waals surface area contributed by atoms with Crippen LogP contribution in [0.5, 0.6) is 0 Å². The van der Waals surface area contributed by atoms with Crippen LogP contribution in [0.3, 0.4) is 0 Å². The lowest BCUT2D eigenvalue weighted by atomic mass is 9.81. The van der Waals surface area contributed by atoms with Gasteiger partial charge in [0.1, 0.15) is 7.85 Å². The van der Waals surface area contributed by atoms with Gasteiger partial charge in [-0.25, -0.2) is 0 Å². The Balaban J connectivity index is 2.53. The van der Waals surface area contributed by atoms with Crippen LogP contribution in [0, 0.1) is 11.8 Å². The van der Waals surface area contributed by atoms with Crippen LogP contribution in [0.25, 0.3) is 0 Å². The van der Waals surface area contributed by atoms with Gasteiger partial charge < -0.3 is 4.74 Å². The highest BCUT2D eigenvalue weighted by atomic mass is 16.5. The lowest BCUT2D eigenvalue weighted by Gasteiger charge is -2.13. The minimum absolute atomic E-state index is 0.0278. The molecule has 0 aliphatic carbocycles. The molecule has 0 saturated carbocycles. The first-order valence-electron chi connectivity index (χ1n) is 4.07. The van der Waals surface area contributed by atoms with Gasteiger partial charge >= 0.3 is 0 Å². The van der Waals surface area contributed by atoms with Gasteiger partial charge in [0.2, 0.25) is 0 Å². The summed E-state index contributed by atoms with van der Waals surface area (Å²) in [6.45, 7) is 6.52. The summed E-state index contributed by atoms with van der Waals surface area (Å²) in [6, 6.07) is -0.0278. The van der Waals surface area contributed by atoms with Gasteiger partial charge in [-0.05, 0) is 18.3 Å². The molecule has 1 aliphatic heterocycles. The van der Waals surface area contributed by atoms with Gasteiger partial charge in [-0.15, -0.1) is 0 Å². The summed E-state index contributed by atoms with van der Waals surface area (Å²) in [5, 5.41) is 0. The standard InChI is InChI=1S/C8H15BO/c1-4-7-5(2)6(3)8(9)10-7/h5-8H,4H2,1-3H3/t5-,6?,7?,8-/m1/s1. The van der Waals surface area contributed by atoms with E-state index in [4.69, 9.17) is 12.6 Å². The van der Waals surface area contributed by atoms with E-state index in [1.165, 1.54) is 0 Å². The first kappa shape index (κ1) is 8.12. The number of hydrogen-bond acceptors (Lipinski definition) is 1. The van der Waals surface area contributed by atoms with E-state index in [1.807, 2.05) is 0 Å². The fraction of sp³-hybridized carbons (Fsp3) is 1.00. The highest BCUT2D eigenvalue weighted by Crippen LogP contribution is 2.31. The summed E-state index contributed by atoms with van der Waals surface area (Å²) in [6.07, 6.45) is 1.48. The Morgan fingerprint density at radius 3 is 2.10 bits per heavy atom. The number of hydrogen-bond donors (Lipinski definition) is 0. The summed E-state index contributed by atoms with van der Waals surface area (Å²) in [7, 11) is 5.71. The molecule has 0 aromatic rings. The zero-order valence-electron chi connectivity index (χ0n) is 7.00. The molecule has 2 radical (unpaired) electrons. The second-order valence-electron chi connectivity index (χ2n) is 3.27. The van der Waals surface area contributed by atoms with Crippen LogP contribution >= 0.6 is 0 Å². The van der Waals surface area contributed by atoms with Crippen LogP contribution in [0.15, 0.2) is 0 Å². The van der Waals surface area contributed by atoms with Crippen LogP contribution in [0.2, 0.25) is 0 Å². The zero-order valence-corrected chi connectivity index (χ0v) is 7.00. The first-order valence-corrected chi connectivity index (χ1v) is 4.07. The van der Waals surface area contributed by atoms with Crippen molar-refractivity contribution in [2.75, 3.05) is 0 Å². The topological polar surface area (TPSA) is 9.23 Å². The lowest BCUT2D eigenvalue weighted by Crippen LogP contribution is -2.15. The third kappa shape index (κ3) is 1.22. The molecule has 1 aliphatic rings. The van der Waals surface area contributed by atoms with Crippen LogP contribution in [0.1, 0.15) is 27.2 Å². The van der Waals surface area contributed by atoms with E-state index in [0.717, 1.165) is 6.42 Å². The number of rotatable bonds is 1. The van der Waals surface area contributed by atoms with Crippen molar-refractivity contribution in [1.82, 2.24) is 0 Å². The van der Waals surface area contributed by atoms with Gasteiger partial charge in [-0.3, -0.25) is 0 Å². The fourth-order valence-electron chi connectivity index (χ4n) is 1.56. The van der Waals surface area contributed by atoms with Gasteiger partial charge in [0, 0.05) is 6.00 Å². The highest BCUT2D eigenvalue weighted by molar-refractivity contribution is 6.11. The van der Waals surface area contributed by atoms with Crippen LogP contribution in [-0.4, -0.2) is 20.0 Å². The maximum Gasteiger partial charge on any atom is 0.109 e. The van der Waals surface area contributed by atoms with Crippen molar-refractivity contribution in [3.8, 4) is 0 Å². The molecule has 56 valence electrons. The van der Waals surface area contributed by atoms with Crippen LogP contribution in [0.4, 0.5) is 0 Å². The smallest absolute Gasteiger partial charge is 0.109 e. The molecule has 2 heteroatoms. The largest absolute Gasteiger partial charge is 0.384 e. The van der Waals surface area contributed by atoms with Crippen molar-refractivity contribution in [3.63, 3.8) is 0 Å². The van der Waals surface area contributed by atoms with E-state index in [0.29, 0.717) is 17.9 Å². The molecule has 1 rings (SSSR count). The van der Waals surface area contributed by atoms with Crippen molar-refractivity contribution in [2.45, 2.75) is 39.3 Å². The molecule has 2 unspecified atom stereocenters. The van der Waals surface area contributed by atoms with Crippen molar-refractivity contribution >= 4 is 7.85 Å². The van der Waals surface area contributed by atoms with Gasteiger partial charge in [0.05, 0.1) is 6.10 Å². The molecule has 0 N–H and O–H groups in total. The summed E-state index contributed by atoms with van der Waals surface area (Å²) in [5.74, 6) is 1.14. The van der Waals surface area contributed by atoms with E-state index in [2.05, 4.69) is 20.8 Å². The maximum absolute atomic E-state index is 5.71. The zero-order chi connectivity index (χ0) is 7.72. The summed E-state index contributed by atoms with van der Waals surface area (Å²) in [5.41, 5.74) is 0. The van der Waals surface area contributed by atoms with E-state index < -0.39 is 0 Å². The van der Waals surface area contributed by atoms with E-state index in [1.54, 1.807) is 0 Å². The third-order valence-corrected chi connectivity index (χ3v) is 2.67. The van der Waals surface area contributed by atoms with E-state index >= 15 is 0 Å². The van der Waals surface area contributed by atoms with Gasteiger partial charge in [0.15, 0.2) is 0 Å². The summed E-state index contributed by atoms with van der Waals surface area (Å²) < 4.78 is 5.51. The molecule has 1 nitrogen and oxygen atoms in total. The average Bonchev–Trinajstić information content (AvgIpc) is 2.17. The SMILES string of the molecule is [B][C@@H]1OC(CC)[C@H](C)C1C. The molecule has 0 amide bonds. The molecule has 10 heavy (non-hydrogen) atoms. The number of ether oxygens (including phenoxy) is 1. The molecular formula is C8H15BO. The Morgan fingerprint density at radius 2 is 1.90 bits per heavy atom. The van der Waals surface area contributed by atoms with Crippen LogP contribution < -0.4 is 0 Å². The molecule has 0 spiro atoms. The van der Waals surface area contributed by atoms with E-state index in [9.17, 15) is 0 Å². The van der Waals surface area contributed by atoms with Gasteiger partial charge in [-0.2, -0.15) is 0 Å². The molecule has 1 fully saturated rings. The maximum atomic E-state index is 5.71. The fourth-order valence-corrected chi connectivity index (χ4v) is 1.56. The second-order valence-corrected chi connectivity index (χ2v) is 3.27. The predicted octanol–water partition coefficient (Wildman–Crippen LogP) is 1.56. The molecule has 1 saturated heterocycles. The third-order valence-electron chi connectivity index (χ3n) is 2.67. The normalized spacial score (nSPS) is 47.9. The minimum Gasteiger partial charge on any atom is -0.384 e. The Kier molecular flexibility index (Phi) is 2.40. The van der Waals surface area contributed by atoms with E-state index in [-0.39, 0.29) is 6.00 Å². The van der Waals surface area contributed by atoms with Crippen molar-refractivity contribution in [3.05, 3.63) is 0 Å². The highest BCUT2D eigenvalue weighted by Gasteiger charge is 2.34. The Labute approximate surface area is 64.6 Å². The van der Waals surface area contributed by atoms with Crippen LogP contribution in [-0.2, 0) is 4.74 Å². The molecule has 0 aromatic heterocycles. The second kappa shape index (κ2) is 2.95. The summed E-state index contributed by atoms with van der Waals surface area (Å²) in [4.78, 5) is 0. The quantitative estimate of drug-likeness (QED) is 0.499. The molecule has 0 aromatic carbocycles. The van der Waals surface area contributed by atoms with Crippen molar-refractivity contribution in [1.29, 1.82) is 0 Å². The Hall–Kier alpha value is 0.0249. The van der Waals surface area contributed by atoms with Crippen molar-refractivity contribution in [2.24, 2.45) is 11.8 Å². The lowest BCUT2D eigenvalue weighted by molar-refractivity contribution is 0.0698. The van der Waals surface area contributed by atoms with Gasteiger partial charge in [0.25, 0.3) is 0 Å². The van der Waals surface area contributed by atoms with Crippen molar-refractivity contribution < 1.29 is 4.74 Å². The minimum atomic E-state index is -0.0278. The molecule has 0 bridgehead atoms. The molecule has 1 heterocycles. The molecule has 4 atom stereocenters. The first-order chi connectivity index (χ1) is 4.66. The van der Waals surface area contributed by atoms with Gasteiger partial charge in [-0.1, -0.05) is 20.8 Å². The monoisotopic (exact) mass is 138 g/mol. The Bertz CT molecular complexity index is 116. The Morgan fingerprint density at radius 1 is 1.30 bits per heavy atom. The average molecular weight is 138 g/mol. The predicted molar refractivity (Wildman–Crippen MR) is 43.0 cm³/mol. The molecular weight excluding hydrogens is 123 g/mol.